The number of hydrogen-bond donors (Lipinski definition) is 3. The molecule has 7 nitrogen and oxygen atoms in total. The second kappa shape index (κ2) is 7.97. The van der Waals surface area contributed by atoms with Crippen molar-refractivity contribution in [2.24, 2.45) is 17.6 Å². The van der Waals surface area contributed by atoms with E-state index in [1.165, 1.54) is 0 Å². The minimum absolute atomic E-state index is 0.0250. The minimum atomic E-state index is -0.600. The highest BCUT2D eigenvalue weighted by Crippen LogP contribution is 2.17. The lowest BCUT2D eigenvalue weighted by molar-refractivity contribution is -0.136. The second-order valence-corrected chi connectivity index (χ2v) is 5.76. The van der Waals surface area contributed by atoms with Crippen LogP contribution in [0.3, 0.4) is 0 Å². The SMILES string of the molecule is CNC(=O)C1CCN(C(=O)CNC(=O)[C@@H](N)C(C)C)CC1. The smallest absolute Gasteiger partial charge is 0.241 e. The lowest BCUT2D eigenvalue weighted by atomic mass is 9.96. The Morgan fingerprint density at radius 1 is 1.24 bits per heavy atom. The summed E-state index contributed by atoms with van der Waals surface area (Å²) in [5.41, 5.74) is 5.71. The van der Waals surface area contributed by atoms with Crippen LogP contribution in [0.15, 0.2) is 0 Å². The molecule has 0 aliphatic carbocycles. The fourth-order valence-corrected chi connectivity index (χ4v) is 2.29. The zero-order chi connectivity index (χ0) is 16.0. The Morgan fingerprint density at radius 2 is 1.81 bits per heavy atom. The van der Waals surface area contributed by atoms with Gasteiger partial charge in [0.2, 0.25) is 17.7 Å². The number of amides is 3. The highest BCUT2D eigenvalue weighted by Gasteiger charge is 2.27. The van der Waals surface area contributed by atoms with Crippen LogP contribution in [0.4, 0.5) is 0 Å². The molecule has 21 heavy (non-hydrogen) atoms. The predicted octanol–water partition coefficient (Wildman–Crippen LogP) is -0.929. The number of carbonyl (C=O) groups is 3. The summed E-state index contributed by atoms with van der Waals surface area (Å²) in [7, 11) is 1.62. The third-order valence-corrected chi connectivity index (χ3v) is 3.90. The Morgan fingerprint density at radius 3 is 2.29 bits per heavy atom. The van der Waals surface area contributed by atoms with E-state index in [-0.39, 0.29) is 36.1 Å². The lowest BCUT2D eigenvalue weighted by Crippen LogP contribution is -2.49. The van der Waals surface area contributed by atoms with Gasteiger partial charge in [0.05, 0.1) is 12.6 Å². The summed E-state index contributed by atoms with van der Waals surface area (Å²) in [5, 5.41) is 5.20. The molecule has 0 radical (unpaired) electrons. The summed E-state index contributed by atoms with van der Waals surface area (Å²) in [6.07, 6.45) is 1.32. The Kier molecular flexibility index (Phi) is 6.61. The molecule has 1 rings (SSSR count). The van der Waals surface area contributed by atoms with E-state index in [1.54, 1.807) is 11.9 Å². The number of rotatable bonds is 5. The maximum Gasteiger partial charge on any atom is 0.241 e. The molecule has 1 saturated heterocycles. The number of hydrogen-bond acceptors (Lipinski definition) is 4. The van der Waals surface area contributed by atoms with Crippen molar-refractivity contribution < 1.29 is 14.4 Å². The van der Waals surface area contributed by atoms with Crippen LogP contribution in [0.1, 0.15) is 26.7 Å². The van der Waals surface area contributed by atoms with Gasteiger partial charge in [0.1, 0.15) is 0 Å². The molecular formula is C14H26N4O3. The van der Waals surface area contributed by atoms with Crippen LogP contribution in [0.25, 0.3) is 0 Å². The van der Waals surface area contributed by atoms with E-state index in [0.717, 1.165) is 0 Å². The van der Waals surface area contributed by atoms with Gasteiger partial charge in [-0.15, -0.1) is 0 Å². The van der Waals surface area contributed by atoms with E-state index >= 15 is 0 Å². The highest BCUT2D eigenvalue weighted by molar-refractivity contribution is 5.87. The van der Waals surface area contributed by atoms with Crippen molar-refractivity contribution in [3.63, 3.8) is 0 Å². The third kappa shape index (κ3) is 5.00. The monoisotopic (exact) mass is 298 g/mol. The van der Waals surface area contributed by atoms with E-state index in [2.05, 4.69) is 10.6 Å². The van der Waals surface area contributed by atoms with Gasteiger partial charge in [0.25, 0.3) is 0 Å². The van der Waals surface area contributed by atoms with Gasteiger partial charge in [-0.3, -0.25) is 14.4 Å². The molecule has 1 atom stereocenters. The third-order valence-electron chi connectivity index (χ3n) is 3.90. The van der Waals surface area contributed by atoms with Crippen LogP contribution >= 0.6 is 0 Å². The molecule has 0 bridgehead atoms. The topological polar surface area (TPSA) is 105 Å². The zero-order valence-corrected chi connectivity index (χ0v) is 13.0. The first-order valence-electron chi connectivity index (χ1n) is 7.39. The summed E-state index contributed by atoms with van der Waals surface area (Å²) in [4.78, 5) is 36.9. The van der Waals surface area contributed by atoms with Gasteiger partial charge in [0, 0.05) is 26.1 Å². The fourth-order valence-electron chi connectivity index (χ4n) is 2.29. The molecule has 120 valence electrons. The van der Waals surface area contributed by atoms with Crippen molar-refractivity contribution in [1.29, 1.82) is 0 Å². The Hall–Kier alpha value is -1.63. The molecule has 1 fully saturated rings. The normalized spacial score (nSPS) is 17.5. The Labute approximate surface area is 125 Å². The van der Waals surface area contributed by atoms with Gasteiger partial charge in [-0.2, -0.15) is 0 Å². The molecule has 4 N–H and O–H groups in total. The molecule has 7 heteroatoms. The minimum Gasteiger partial charge on any atom is -0.359 e. The van der Waals surface area contributed by atoms with E-state index in [1.807, 2.05) is 13.8 Å². The van der Waals surface area contributed by atoms with Crippen LogP contribution in [0.5, 0.6) is 0 Å². The van der Waals surface area contributed by atoms with Gasteiger partial charge >= 0.3 is 0 Å². The average Bonchev–Trinajstić information content (AvgIpc) is 2.50. The molecule has 1 aliphatic rings. The van der Waals surface area contributed by atoms with Gasteiger partial charge in [-0.1, -0.05) is 13.8 Å². The summed E-state index contributed by atoms with van der Waals surface area (Å²) in [6, 6.07) is -0.600. The molecule has 3 amide bonds. The first kappa shape index (κ1) is 17.4. The number of nitrogens with two attached hydrogens (primary N) is 1. The molecule has 0 aromatic rings. The predicted molar refractivity (Wildman–Crippen MR) is 79.2 cm³/mol. The van der Waals surface area contributed by atoms with Crippen LogP contribution in [-0.2, 0) is 14.4 Å². The van der Waals surface area contributed by atoms with Crippen molar-refractivity contribution in [2.45, 2.75) is 32.7 Å². The van der Waals surface area contributed by atoms with E-state index in [4.69, 9.17) is 5.73 Å². The Balaban J connectivity index is 2.35. The number of likely N-dealkylation sites (tertiary alicyclic amines) is 1. The van der Waals surface area contributed by atoms with Crippen molar-refractivity contribution in [2.75, 3.05) is 26.7 Å². The maximum absolute atomic E-state index is 12.0. The molecule has 1 heterocycles. The number of nitrogens with zero attached hydrogens (tertiary/aromatic N) is 1. The summed E-state index contributed by atoms with van der Waals surface area (Å²) >= 11 is 0. The fraction of sp³-hybridized carbons (Fsp3) is 0.786. The van der Waals surface area contributed by atoms with Gasteiger partial charge in [-0.05, 0) is 18.8 Å². The van der Waals surface area contributed by atoms with E-state index in [9.17, 15) is 14.4 Å². The first-order chi connectivity index (χ1) is 9.86. The van der Waals surface area contributed by atoms with Crippen LogP contribution in [-0.4, -0.2) is 55.3 Å². The summed E-state index contributed by atoms with van der Waals surface area (Å²) in [6.45, 7) is 4.77. The van der Waals surface area contributed by atoms with E-state index < -0.39 is 6.04 Å². The largest absolute Gasteiger partial charge is 0.359 e. The van der Waals surface area contributed by atoms with Crippen molar-refractivity contribution in [3.8, 4) is 0 Å². The number of nitrogens with one attached hydrogen (secondary N) is 2. The lowest BCUT2D eigenvalue weighted by Gasteiger charge is -2.31. The molecule has 0 aromatic carbocycles. The molecular weight excluding hydrogens is 272 g/mol. The number of piperidine rings is 1. The highest BCUT2D eigenvalue weighted by atomic mass is 16.2. The molecule has 0 aromatic heterocycles. The second-order valence-electron chi connectivity index (χ2n) is 5.76. The quantitative estimate of drug-likeness (QED) is 0.610. The number of carbonyl (C=O) groups excluding carboxylic acids is 3. The summed E-state index contributed by atoms with van der Waals surface area (Å²) < 4.78 is 0. The molecule has 0 unspecified atom stereocenters. The van der Waals surface area contributed by atoms with Crippen molar-refractivity contribution in [1.82, 2.24) is 15.5 Å². The Bertz CT molecular complexity index is 390. The van der Waals surface area contributed by atoms with Crippen LogP contribution < -0.4 is 16.4 Å². The first-order valence-corrected chi connectivity index (χ1v) is 7.39. The van der Waals surface area contributed by atoms with Crippen molar-refractivity contribution in [3.05, 3.63) is 0 Å². The standard InChI is InChI=1S/C14H26N4O3/c1-9(2)12(15)14(21)17-8-11(19)18-6-4-10(5-7-18)13(20)16-3/h9-10,12H,4-8,15H2,1-3H3,(H,16,20)(H,17,21)/t12-/m0/s1. The average molecular weight is 298 g/mol. The van der Waals surface area contributed by atoms with Gasteiger partial charge in [0.15, 0.2) is 0 Å². The zero-order valence-electron chi connectivity index (χ0n) is 13.0. The van der Waals surface area contributed by atoms with Gasteiger partial charge < -0.3 is 21.3 Å². The molecule has 0 saturated carbocycles. The summed E-state index contributed by atoms with van der Waals surface area (Å²) in [5.74, 6) is -0.405. The van der Waals surface area contributed by atoms with Gasteiger partial charge in [-0.25, -0.2) is 0 Å². The maximum atomic E-state index is 12.0. The molecule has 0 spiro atoms. The van der Waals surface area contributed by atoms with E-state index in [0.29, 0.717) is 25.9 Å². The van der Waals surface area contributed by atoms with Crippen molar-refractivity contribution >= 4 is 17.7 Å². The van der Waals surface area contributed by atoms with Crippen LogP contribution in [0, 0.1) is 11.8 Å². The van der Waals surface area contributed by atoms with Crippen LogP contribution in [0.2, 0.25) is 0 Å². The molecule has 1 aliphatic heterocycles.